The van der Waals surface area contributed by atoms with E-state index in [9.17, 15) is 4.79 Å². The van der Waals surface area contributed by atoms with Crippen LogP contribution in [-0.2, 0) is 11.2 Å². The van der Waals surface area contributed by atoms with Crippen molar-refractivity contribution in [1.82, 2.24) is 5.32 Å². The number of hydrogen-bond donors (Lipinski definition) is 1. The number of rotatable bonds is 4. The van der Waals surface area contributed by atoms with Gasteiger partial charge in [-0.3, -0.25) is 4.79 Å². The molecule has 0 saturated carbocycles. The second kappa shape index (κ2) is 5.85. The van der Waals surface area contributed by atoms with Gasteiger partial charge in [0.05, 0.1) is 7.11 Å². The number of ketones is 1. The van der Waals surface area contributed by atoms with Crippen LogP contribution in [0.15, 0.2) is 22.7 Å². The number of halogens is 1. The summed E-state index contributed by atoms with van der Waals surface area (Å²) >= 11 is 3.49. The molecule has 4 heteroatoms. The van der Waals surface area contributed by atoms with Gasteiger partial charge in [-0.25, -0.2) is 0 Å². The Hall–Kier alpha value is -0.870. The molecule has 0 spiro atoms. The highest BCUT2D eigenvalue weighted by molar-refractivity contribution is 9.10. The smallest absolute Gasteiger partial charge is 0.141 e. The van der Waals surface area contributed by atoms with Crippen LogP contribution >= 0.6 is 15.9 Å². The fraction of sp³-hybridized carbons (Fsp3) is 0.500. The minimum Gasteiger partial charge on any atom is -0.497 e. The van der Waals surface area contributed by atoms with E-state index < -0.39 is 0 Å². The maximum absolute atomic E-state index is 12.3. The Morgan fingerprint density at radius 2 is 2.33 bits per heavy atom. The van der Waals surface area contributed by atoms with Gasteiger partial charge in [0.1, 0.15) is 11.5 Å². The number of methoxy groups -OCH3 is 1. The van der Waals surface area contributed by atoms with E-state index in [2.05, 4.69) is 28.2 Å². The first kappa shape index (κ1) is 13.6. The predicted molar refractivity (Wildman–Crippen MR) is 75.0 cm³/mol. The number of benzene rings is 1. The number of carbonyl (C=O) groups is 1. The third kappa shape index (κ3) is 2.93. The highest BCUT2D eigenvalue weighted by Gasteiger charge is 2.29. The van der Waals surface area contributed by atoms with Gasteiger partial charge in [-0.2, -0.15) is 0 Å². The first-order chi connectivity index (χ1) is 8.61. The van der Waals surface area contributed by atoms with Crippen LogP contribution < -0.4 is 10.1 Å². The number of hydrogen-bond acceptors (Lipinski definition) is 3. The zero-order valence-corrected chi connectivity index (χ0v) is 12.3. The maximum Gasteiger partial charge on any atom is 0.141 e. The molecule has 1 aliphatic rings. The lowest BCUT2D eigenvalue weighted by Crippen LogP contribution is -2.29. The summed E-state index contributed by atoms with van der Waals surface area (Å²) in [4.78, 5) is 12.3. The molecule has 1 aromatic carbocycles. The highest BCUT2D eigenvalue weighted by atomic mass is 79.9. The molecular weight excluding hydrogens is 294 g/mol. The molecular formula is C14H18BrNO2. The Morgan fingerprint density at radius 1 is 1.56 bits per heavy atom. The van der Waals surface area contributed by atoms with Gasteiger partial charge in [0.2, 0.25) is 0 Å². The highest BCUT2D eigenvalue weighted by Crippen LogP contribution is 2.25. The lowest BCUT2D eigenvalue weighted by Gasteiger charge is -2.14. The average molecular weight is 312 g/mol. The van der Waals surface area contributed by atoms with Crippen molar-refractivity contribution in [3.63, 3.8) is 0 Å². The van der Waals surface area contributed by atoms with Crippen molar-refractivity contribution in [2.24, 2.45) is 5.92 Å². The molecule has 1 fully saturated rings. The molecule has 1 N–H and O–H groups in total. The molecule has 0 amide bonds. The van der Waals surface area contributed by atoms with Gasteiger partial charge in [0, 0.05) is 22.9 Å². The van der Waals surface area contributed by atoms with Crippen LogP contribution in [0.5, 0.6) is 5.75 Å². The summed E-state index contributed by atoms with van der Waals surface area (Å²) in [5.74, 6) is 1.24. The summed E-state index contributed by atoms with van der Waals surface area (Å²) in [7, 11) is 1.64. The van der Waals surface area contributed by atoms with Gasteiger partial charge in [-0.05, 0) is 43.7 Å². The first-order valence-electron chi connectivity index (χ1n) is 6.20. The fourth-order valence-corrected chi connectivity index (χ4v) is 2.82. The van der Waals surface area contributed by atoms with Crippen LogP contribution in [0.3, 0.4) is 0 Å². The number of ether oxygens (including phenoxy) is 1. The van der Waals surface area contributed by atoms with E-state index in [1.54, 1.807) is 7.11 Å². The Morgan fingerprint density at radius 3 is 2.94 bits per heavy atom. The van der Waals surface area contributed by atoms with Crippen LogP contribution in [0.2, 0.25) is 0 Å². The lowest BCUT2D eigenvalue weighted by atomic mass is 9.92. The third-order valence-corrected chi connectivity index (χ3v) is 4.33. The van der Waals surface area contributed by atoms with E-state index in [0.717, 1.165) is 28.8 Å². The number of carbonyl (C=O) groups excluding carboxylic acids is 1. The fourth-order valence-electron chi connectivity index (χ4n) is 2.43. The third-order valence-electron chi connectivity index (χ3n) is 3.56. The second-order valence-corrected chi connectivity index (χ2v) is 5.59. The Bertz CT molecular complexity index is 447. The monoisotopic (exact) mass is 311 g/mol. The van der Waals surface area contributed by atoms with Crippen LogP contribution in [0.25, 0.3) is 0 Å². The molecule has 2 rings (SSSR count). The van der Waals surface area contributed by atoms with Crippen LogP contribution in [0.1, 0.15) is 18.9 Å². The molecule has 0 aromatic heterocycles. The van der Waals surface area contributed by atoms with E-state index in [4.69, 9.17) is 4.74 Å². The Labute approximate surface area is 116 Å². The van der Waals surface area contributed by atoms with Crippen LogP contribution in [0.4, 0.5) is 0 Å². The number of nitrogens with one attached hydrogen (secondary N) is 1. The molecule has 3 nitrogen and oxygen atoms in total. The molecule has 98 valence electrons. The standard InChI is InChI=1S/C14H18BrNO2/c1-9-12(5-6-16-9)14(17)8-10-7-11(18-2)3-4-13(10)15/h3-4,7,9,12,16H,5-6,8H2,1-2H3. The van der Waals surface area contributed by atoms with Gasteiger partial charge in [-0.1, -0.05) is 15.9 Å². The van der Waals surface area contributed by atoms with Crippen molar-refractivity contribution in [2.45, 2.75) is 25.8 Å². The second-order valence-electron chi connectivity index (χ2n) is 4.74. The SMILES string of the molecule is COc1ccc(Br)c(CC(=O)C2CCNC2C)c1. The maximum atomic E-state index is 12.3. The molecule has 1 saturated heterocycles. The minimum atomic E-state index is 0.142. The zero-order chi connectivity index (χ0) is 13.1. The average Bonchev–Trinajstić information content (AvgIpc) is 2.78. The van der Waals surface area contributed by atoms with Crippen LogP contribution in [0, 0.1) is 5.92 Å². The van der Waals surface area contributed by atoms with Crippen molar-refractivity contribution in [1.29, 1.82) is 0 Å². The summed E-state index contributed by atoms with van der Waals surface area (Å²) < 4.78 is 6.16. The van der Waals surface area contributed by atoms with Gasteiger partial charge < -0.3 is 10.1 Å². The molecule has 18 heavy (non-hydrogen) atoms. The normalized spacial score (nSPS) is 23.1. The van der Waals surface area contributed by atoms with Gasteiger partial charge in [-0.15, -0.1) is 0 Å². The summed E-state index contributed by atoms with van der Waals surface area (Å²) in [5, 5.41) is 3.32. The van der Waals surface area contributed by atoms with Crippen molar-refractivity contribution in [2.75, 3.05) is 13.7 Å². The molecule has 1 aliphatic heterocycles. The largest absolute Gasteiger partial charge is 0.497 e. The van der Waals surface area contributed by atoms with Crippen molar-refractivity contribution in [3.05, 3.63) is 28.2 Å². The van der Waals surface area contributed by atoms with E-state index in [1.807, 2.05) is 18.2 Å². The topological polar surface area (TPSA) is 38.3 Å². The van der Waals surface area contributed by atoms with Gasteiger partial charge in [0.15, 0.2) is 0 Å². The van der Waals surface area contributed by atoms with Crippen LogP contribution in [-0.4, -0.2) is 25.5 Å². The number of Topliss-reactive ketones (excluding diaryl/α,β-unsaturated/α-hetero) is 1. The zero-order valence-electron chi connectivity index (χ0n) is 10.7. The molecule has 2 atom stereocenters. The molecule has 1 aromatic rings. The first-order valence-corrected chi connectivity index (χ1v) is 6.99. The van der Waals surface area contributed by atoms with E-state index >= 15 is 0 Å². The molecule has 2 unspecified atom stereocenters. The summed E-state index contributed by atoms with van der Waals surface area (Å²) in [6.07, 6.45) is 1.41. The molecule has 0 radical (unpaired) electrons. The van der Waals surface area contributed by atoms with Gasteiger partial charge >= 0.3 is 0 Å². The lowest BCUT2D eigenvalue weighted by molar-refractivity contribution is -0.122. The van der Waals surface area contributed by atoms with Gasteiger partial charge in [0.25, 0.3) is 0 Å². The summed E-state index contributed by atoms with van der Waals surface area (Å²) in [6, 6.07) is 6.03. The molecule has 0 bridgehead atoms. The van der Waals surface area contributed by atoms with E-state index in [1.165, 1.54) is 0 Å². The quantitative estimate of drug-likeness (QED) is 0.928. The molecule has 0 aliphatic carbocycles. The van der Waals surface area contributed by atoms with Crippen molar-refractivity contribution >= 4 is 21.7 Å². The predicted octanol–water partition coefficient (Wildman–Crippen LogP) is 2.57. The Kier molecular flexibility index (Phi) is 4.40. The minimum absolute atomic E-state index is 0.142. The Balaban J connectivity index is 2.11. The summed E-state index contributed by atoms with van der Waals surface area (Å²) in [6.45, 7) is 3.02. The molecule has 1 heterocycles. The van der Waals surface area contributed by atoms with Crippen molar-refractivity contribution < 1.29 is 9.53 Å². The van der Waals surface area contributed by atoms with E-state index in [-0.39, 0.29) is 5.92 Å². The van der Waals surface area contributed by atoms with Crippen molar-refractivity contribution in [3.8, 4) is 5.75 Å². The summed E-state index contributed by atoms with van der Waals surface area (Å²) in [5.41, 5.74) is 0.999. The van der Waals surface area contributed by atoms with E-state index in [0.29, 0.717) is 18.2 Å².